The van der Waals surface area contributed by atoms with E-state index in [9.17, 15) is 14.4 Å². The highest BCUT2D eigenvalue weighted by Gasteiger charge is 2.35. The maximum Gasteiger partial charge on any atom is 0.410 e. The van der Waals surface area contributed by atoms with Gasteiger partial charge >= 0.3 is 11.8 Å². The number of benzene rings is 2. The Morgan fingerprint density at radius 2 is 1.66 bits per heavy atom. The maximum atomic E-state index is 14.1. The highest BCUT2D eigenvalue weighted by Crippen LogP contribution is 2.29. The first-order valence-electron chi connectivity index (χ1n) is 17.6. The van der Waals surface area contributed by atoms with E-state index in [2.05, 4.69) is 37.0 Å². The number of carbonyl (C=O) groups excluding carboxylic acids is 2. The number of likely N-dealkylation sites (tertiary alicyclic amines) is 2. The number of rotatable bonds is 6. The fraction of sp³-hybridized carbons (Fsp3) is 0.472. The molecule has 50 heavy (non-hydrogen) atoms. The van der Waals surface area contributed by atoms with Gasteiger partial charge in [0.25, 0.3) is 5.91 Å². The Bertz CT molecular complexity index is 2090. The minimum atomic E-state index is -1.01. The number of ether oxygens (including phenoxy) is 1. The van der Waals surface area contributed by atoms with Crippen molar-refractivity contribution in [2.45, 2.75) is 50.3 Å². The highest BCUT2D eigenvalue weighted by molar-refractivity contribution is 6.35. The van der Waals surface area contributed by atoms with Gasteiger partial charge in [-0.1, -0.05) is 29.8 Å². The third kappa shape index (κ3) is 6.33. The molecule has 2 amide bonds. The summed E-state index contributed by atoms with van der Waals surface area (Å²) in [6, 6.07) is 11.9. The van der Waals surface area contributed by atoms with Gasteiger partial charge in [0, 0.05) is 68.5 Å². The second-order valence-electron chi connectivity index (χ2n) is 13.9. The number of halogens is 1. The lowest BCUT2D eigenvalue weighted by molar-refractivity contribution is -0.143. The van der Waals surface area contributed by atoms with Crippen molar-refractivity contribution in [2.75, 3.05) is 59.4 Å². The van der Waals surface area contributed by atoms with E-state index >= 15 is 0 Å². The van der Waals surface area contributed by atoms with Crippen molar-refractivity contribution >= 4 is 56.4 Å². The van der Waals surface area contributed by atoms with Gasteiger partial charge in [-0.05, 0) is 69.6 Å². The van der Waals surface area contributed by atoms with E-state index in [0.717, 1.165) is 77.4 Å². The average molecular weight is 700 g/mol. The largest absolute Gasteiger partial charge is 0.436 e. The molecule has 1 atom stereocenters. The van der Waals surface area contributed by atoms with Crippen LogP contribution in [0.5, 0.6) is 0 Å². The smallest absolute Gasteiger partial charge is 0.410 e. The number of piperazine rings is 1. The van der Waals surface area contributed by atoms with Gasteiger partial charge in [-0.15, -0.1) is 0 Å². The van der Waals surface area contributed by atoms with Crippen LogP contribution >= 0.6 is 11.6 Å². The van der Waals surface area contributed by atoms with Gasteiger partial charge < -0.3 is 24.4 Å². The van der Waals surface area contributed by atoms with Crippen molar-refractivity contribution in [3.63, 3.8) is 0 Å². The molecule has 3 aliphatic rings. The van der Waals surface area contributed by atoms with Crippen molar-refractivity contribution in [1.29, 1.82) is 0 Å². The van der Waals surface area contributed by atoms with Crippen molar-refractivity contribution in [3.05, 3.63) is 69.9 Å². The molecular weight excluding hydrogens is 658 g/mol. The van der Waals surface area contributed by atoms with Crippen LogP contribution in [0.1, 0.15) is 37.3 Å². The fourth-order valence-corrected chi connectivity index (χ4v) is 8.33. The Hall–Kier alpha value is -4.46. The first-order chi connectivity index (χ1) is 24.3. The molecule has 0 bridgehead atoms. The van der Waals surface area contributed by atoms with Gasteiger partial charge in [0.15, 0.2) is 6.10 Å². The third-order valence-corrected chi connectivity index (χ3v) is 11.2. The maximum absolute atomic E-state index is 14.1. The Kier molecular flexibility index (Phi) is 8.96. The number of nitrogens with zero attached hydrogens (tertiary/aromatic N) is 7. The number of para-hydroxylation sites is 1. The zero-order chi connectivity index (χ0) is 34.4. The summed E-state index contributed by atoms with van der Waals surface area (Å²) in [6.07, 6.45) is 5.51. The van der Waals surface area contributed by atoms with Gasteiger partial charge in [-0.2, -0.15) is 5.10 Å². The van der Waals surface area contributed by atoms with E-state index < -0.39 is 12.2 Å². The molecule has 3 saturated heterocycles. The lowest BCUT2D eigenvalue weighted by Gasteiger charge is -2.42. The lowest BCUT2D eigenvalue weighted by Crippen LogP contribution is -2.56. The SMILES string of the molecule is CN1CCC(N2CCN(C(=O)C(Cc3cc(Cl)c4[nH]ncc4c3)OC(=O)N3CCC(n4c(=O)[nH]c5c6ccccc6ncc54)CC3)CC2)CC1. The van der Waals surface area contributed by atoms with E-state index in [0.29, 0.717) is 50.1 Å². The van der Waals surface area contributed by atoms with E-state index in [1.165, 1.54) is 0 Å². The number of H-pyrrole nitrogens is 2. The molecule has 8 rings (SSSR count). The molecule has 3 aliphatic heterocycles. The van der Waals surface area contributed by atoms with Crippen LogP contribution in [0.3, 0.4) is 0 Å². The van der Waals surface area contributed by atoms with Gasteiger partial charge in [0.2, 0.25) is 0 Å². The molecule has 14 heteroatoms. The van der Waals surface area contributed by atoms with Crippen LogP contribution in [0.25, 0.3) is 32.8 Å². The zero-order valence-corrected chi connectivity index (χ0v) is 28.9. The standard InChI is InChI=1S/C36H42ClN9O4/c1-42-10-6-25(7-11-42)43-14-16-44(17-15-43)34(47)31(20-23-18-24-21-39-41-32(24)28(37)19-23)50-36(49)45-12-8-26(9-13-45)46-30-22-38-29-5-3-2-4-27(29)33(30)40-35(46)48/h2-5,18-19,21-22,25-26,31H,6-17,20H2,1H3,(H,39,41)(H,40,48). The molecular formula is C36H42ClN9O4. The summed E-state index contributed by atoms with van der Waals surface area (Å²) in [5.74, 6) is -0.190. The molecule has 3 aromatic heterocycles. The number of fused-ring (bicyclic) bond motifs is 4. The predicted molar refractivity (Wildman–Crippen MR) is 191 cm³/mol. The molecule has 0 spiro atoms. The molecule has 0 aliphatic carbocycles. The number of piperidine rings is 2. The van der Waals surface area contributed by atoms with Crippen LogP contribution in [0.2, 0.25) is 5.02 Å². The topological polar surface area (TPSA) is 136 Å². The number of amides is 2. The quantitative estimate of drug-likeness (QED) is 0.271. The van der Waals surface area contributed by atoms with Crippen molar-refractivity contribution in [3.8, 4) is 0 Å². The highest BCUT2D eigenvalue weighted by atomic mass is 35.5. The summed E-state index contributed by atoms with van der Waals surface area (Å²) in [6.45, 7) is 5.77. The molecule has 262 valence electrons. The number of hydrogen-bond acceptors (Lipinski definition) is 8. The Labute approximate surface area is 294 Å². The van der Waals surface area contributed by atoms with Gasteiger partial charge in [-0.3, -0.25) is 24.3 Å². The first-order valence-corrected chi connectivity index (χ1v) is 18.0. The van der Waals surface area contributed by atoms with Gasteiger partial charge in [0.1, 0.15) is 0 Å². The predicted octanol–water partition coefficient (Wildman–Crippen LogP) is 4.03. The summed E-state index contributed by atoms with van der Waals surface area (Å²) in [5.41, 5.74) is 3.67. The summed E-state index contributed by atoms with van der Waals surface area (Å²) in [7, 11) is 2.16. The van der Waals surface area contributed by atoms with E-state index in [4.69, 9.17) is 16.3 Å². The lowest BCUT2D eigenvalue weighted by atomic mass is 10.0. The summed E-state index contributed by atoms with van der Waals surface area (Å²) >= 11 is 6.55. The Morgan fingerprint density at radius 1 is 0.920 bits per heavy atom. The van der Waals surface area contributed by atoms with Crippen molar-refractivity contribution < 1.29 is 14.3 Å². The molecule has 0 saturated carbocycles. The summed E-state index contributed by atoms with van der Waals surface area (Å²) < 4.78 is 7.86. The summed E-state index contributed by atoms with van der Waals surface area (Å²) in [4.78, 5) is 57.0. The summed E-state index contributed by atoms with van der Waals surface area (Å²) in [5, 5.41) is 9.23. The average Bonchev–Trinajstić information content (AvgIpc) is 3.76. The van der Waals surface area contributed by atoms with Crippen molar-refractivity contribution in [1.82, 2.24) is 44.3 Å². The molecule has 13 nitrogen and oxygen atoms in total. The number of nitrogens with one attached hydrogen (secondary N) is 2. The minimum absolute atomic E-state index is 0.106. The molecule has 1 unspecified atom stereocenters. The van der Waals surface area contributed by atoms with Crippen LogP contribution in [0.4, 0.5) is 4.79 Å². The number of imidazole rings is 1. The zero-order valence-electron chi connectivity index (χ0n) is 28.2. The molecule has 5 aromatic rings. The number of carbonyl (C=O) groups is 2. The Morgan fingerprint density at radius 3 is 2.44 bits per heavy atom. The van der Waals surface area contributed by atoms with Crippen LogP contribution in [-0.4, -0.2) is 128 Å². The molecule has 2 N–H and O–H groups in total. The molecule has 3 fully saturated rings. The number of hydrogen-bond donors (Lipinski definition) is 2. The first kappa shape index (κ1) is 32.7. The fourth-order valence-electron chi connectivity index (χ4n) is 8.04. The molecule has 6 heterocycles. The number of aromatic amines is 2. The minimum Gasteiger partial charge on any atom is -0.436 e. The van der Waals surface area contributed by atoms with Crippen LogP contribution < -0.4 is 5.69 Å². The Balaban J connectivity index is 0.961. The van der Waals surface area contributed by atoms with Crippen molar-refractivity contribution in [2.24, 2.45) is 0 Å². The van der Waals surface area contributed by atoms with E-state index in [1.807, 2.05) is 35.2 Å². The van der Waals surface area contributed by atoms with Crippen LogP contribution in [-0.2, 0) is 16.0 Å². The normalized spacial score (nSPS) is 19.5. The monoisotopic (exact) mass is 699 g/mol. The second kappa shape index (κ2) is 13.7. The van der Waals surface area contributed by atoms with E-state index in [1.54, 1.807) is 27.9 Å². The third-order valence-electron chi connectivity index (χ3n) is 10.9. The number of pyridine rings is 1. The van der Waals surface area contributed by atoms with Gasteiger partial charge in [0.05, 0.1) is 39.5 Å². The van der Waals surface area contributed by atoms with Crippen LogP contribution in [0, 0.1) is 0 Å². The second-order valence-corrected chi connectivity index (χ2v) is 14.3. The van der Waals surface area contributed by atoms with Crippen LogP contribution in [0.15, 0.2) is 53.6 Å². The molecule has 0 radical (unpaired) electrons. The number of aromatic nitrogens is 5. The van der Waals surface area contributed by atoms with E-state index in [-0.39, 0.29) is 24.1 Å². The molecule has 2 aromatic carbocycles. The van der Waals surface area contributed by atoms with Gasteiger partial charge in [-0.25, -0.2) is 9.59 Å².